The molecule has 1 aromatic carbocycles. The van der Waals surface area contributed by atoms with Crippen molar-refractivity contribution in [2.75, 3.05) is 32.4 Å². The second-order valence-corrected chi connectivity index (χ2v) is 5.15. The van der Waals surface area contributed by atoms with E-state index in [1.165, 1.54) is 7.11 Å². The van der Waals surface area contributed by atoms with Crippen LogP contribution in [0.25, 0.3) is 0 Å². The summed E-state index contributed by atoms with van der Waals surface area (Å²) in [5.41, 5.74) is 1.90. The first-order valence-electron chi connectivity index (χ1n) is 5.91. The molecule has 5 heteroatoms. The highest BCUT2D eigenvalue weighted by molar-refractivity contribution is 7.98. The zero-order valence-electron chi connectivity index (χ0n) is 11.7. The second kappa shape index (κ2) is 7.19. The number of hydrogen-bond acceptors (Lipinski definition) is 5. The van der Waals surface area contributed by atoms with E-state index in [0.717, 1.165) is 22.4 Å². The molecule has 0 radical (unpaired) electrons. The highest BCUT2D eigenvalue weighted by atomic mass is 32.2. The van der Waals surface area contributed by atoms with Crippen LogP contribution in [0.2, 0.25) is 0 Å². The Morgan fingerprint density at radius 3 is 2.63 bits per heavy atom. The van der Waals surface area contributed by atoms with Gasteiger partial charge in [-0.2, -0.15) is 0 Å². The lowest BCUT2D eigenvalue weighted by atomic mass is 9.96. The molecule has 0 unspecified atom stereocenters. The second-order valence-electron chi connectivity index (χ2n) is 4.30. The molecule has 4 nitrogen and oxygen atoms in total. The summed E-state index contributed by atoms with van der Waals surface area (Å²) in [4.78, 5) is 25.5. The van der Waals surface area contributed by atoms with Crippen molar-refractivity contribution >= 4 is 29.7 Å². The summed E-state index contributed by atoms with van der Waals surface area (Å²) in [6, 6.07) is 5.85. The zero-order chi connectivity index (χ0) is 14.4. The molecule has 0 aromatic heterocycles. The lowest BCUT2D eigenvalue weighted by Gasteiger charge is -2.19. The number of carbonyl (C=O) groups excluding carboxylic acids is 2. The summed E-state index contributed by atoms with van der Waals surface area (Å²) in [7, 11) is 5.26. The Balaban J connectivity index is 3.22. The fourth-order valence-corrected chi connectivity index (χ4v) is 2.54. The molecule has 1 atom stereocenters. The molecule has 0 heterocycles. The number of thioether (sulfide) groups is 1. The van der Waals surface area contributed by atoms with Crippen LogP contribution in [0.5, 0.6) is 0 Å². The van der Waals surface area contributed by atoms with E-state index in [4.69, 9.17) is 4.74 Å². The number of hydrogen-bond donors (Lipinski definition) is 0. The largest absolute Gasteiger partial charge is 0.469 e. The SMILES string of the molecule is COC(=O)[C@H](CC=O)c1ccc(N(C)C)cc1SC. The molecule has 1 aromatic rings. The van der Waals surface area contributed by atoms with E-state index < -0.39 is 5.92 Å². The standard InChI is InChI=1S/C14H19NO3S/c1-15(2)10-5-6-11(13(9-10)19-4)12(7-8-16)14(17)18-3/h5-6,8-9,12H,7H2,1-4H3/t12-/m1/s1. The minimum atomic E-state index is -0.527. The Morgan fingerprint density at radius 2 is 2.16 bits per heavy atom. The average Bonchev–Trinajstić information content (AvgIpc) is 2.43. The summed E-state index contributed by atoms with van der Waals surface area (Å²) in [5, 5.41) is 0. The highest BCUT2D eigenvalue weighted by Crippen LogP contribution is 2.32. The molecule has 19 heavy (non-hydrogen) atoms. The van der Waals surface area contributed by atoms with Crippen molar-refractivity contribution in [3.63, 3.8) is 0 Å². The van der Waals surface area contributed by atoms with E-state index in [1.807, 2.05) is 43.5 Å². The highest BCUT2D eigenvalue weighted by Gasteiger charge is 2.23. The average molecular weight is 281 g/mol. The number of ether oxygens (including phenoxy) is 1. The van der Waals surface area contributed by atoms with Crippen molar-refractivity contribution < 1.29 is 14.3 Å². The van der Waals surface area contributed by atoms with Crippen LogP contribution in [0.3, 0.4) is 0 Å². The quantitative estimate of drug-likeness (QED) is 0.455. The molecule has 0 aliphatic carbocycles. The predicted molar refractivity (Wildman–Crippen MR) is 78.0 cm³/mol. The summed E-state index contributed by atoms with van der Waals surface area (Å²) < 4.78 is 4.78. The van der Waals surface area contributed by atoms with Crippen LogP contribution in [0, 0.1) is 0 Å². The Bertz CT molecular complexity index is 460. The molecule has 0 spiro atoms. The number of nitrogens with zero attached hydrogens (tertiary/aromatic N) is 1. The fourth-order valence-electron chi connectivity index (χ4n) is 1.85. The van der Waals surface area contributed by atoms with Crippen molar-refractivity contribution in [3.05, 3.63) is 23.8 Å². The van der Waals surface area contributed by atoms with Gasteiger partial charge in [-0.3, -0.25) is 4.79 Å². The molecule has 0 saturated heterocycles. The molecule has 1 rings (SSSR count). The van der Waals surface area contributed by atoms with Crippen LogP contribution in [0.15, 0.2) is 23.1 Å². The number of anilines is 1. The first-order chi connectivity index (χ1) is 9.04. The van der Waals surface area contributed by atoms with Gasteiger partial charge >= 0.3 is 5.97 Å². The van der Waals surface area contributed by atoms with Crippen LogP contribution in [0.4, 0.5) is 5.69 Å². The molecule has 0 bridgehead atoms. The number of benzene rings is 1. The summed E-state index contributed by atoms with van der Waals surface area (Å²) in [6.07, 6.45) is 2.85. The number of rotatable bonds is 6. The third-order valence-corrected chi connectivity index (χ3v) is 3.72. The molecule has 0 aliphatic heterocycles. The smallest absolute Gasteiger partial charge is 0.313 e. The van der Waals surface area contributed by atoms with Crippen LogP contribution >= 0.6 is 11.8 Å². The number of carbonyl (C=O) groups is 2. The monoisotopic (exact) mass is 281 g/mol. The van der Waals surface area contributed by atoms with E-state index in [0.29, 0.717) is 0 Å². The Hall–Kier alpha value is -1.49. The van der Waals surface area contributed by atoms with E-state index in [2.05, 4.69) is 0 Å². The zero-order valence-corrected chi connectivity index (χ0v) is 12.5. The minimum Gasteiger partial charge on any atom is -0.469 e. The molecule has 0 aliphatic rings. The maximum absolute atomic E-state index is 11.8. The van der Waals surface area contributed by atoms with E-state index in [1.54, 1.807) is 11.8 Å². The maximum atomic E-state index is 11.8. The predicted octanol–water partition coefficient (Wildman–Crippen LogP) is 2.32. The van der Waals surface area contributed by atoms with Gasteiger partial charge < -0.3 is 14.4 Å². The third-order valence-electron chi connectivity index (χ3n) is 2.93. The van der Waals surface area contributed by atoms with Crippen molar-refractivity contribution in [1.82, 2.24) is 0 Å². The van der Waals surface area contributed by atoms with Gasteiger partial charge in [0.1, 0.15) is 6.29 Å². The van der Waals surface area contributed by atoms with E-state index >= 15 is 0 Å². The lowest BCUT2D eigenvalue weighted by Crippen LogP contribution is -2.16. The molecule has 0 amide bonds. The number of aldehydes is 1. The maximum Gasteiger partial charge on any atom is 0.313 e. The topological polar surface area (TPSA) is 46.6 Å². The lowest BCUT2D eigenvalue weighted by molar-refractivity contribution is -0.143. The summed E-state index contributed by atoms with van der Waals surface area (Å²) >= 11 is 1.56. The van der Waals surface area contributed by atoms with Crippen molar-refractivity contribution in [1.29, 1.82) is 0 Å². The molecule has 0 saturated carbocycles. The molecule has 104 valence electrons. The first kappa shape index (κ1) is 15.6. The van der Waals surface area contributed by atoms with Crippen LogP contribution in [0.1, 0.15) is 17.9 Å². The Labute approximate surface area is 118 Å². The normalized spacial score (nSPS) is 11.8. The number of methoxy groups -OCH3 is 1. The third kappa shape index (κ3) is 3.73. The summed E-state index contributed by atoms with van der Waals surface area (Å²) in [6.45, 7) is 0. The summed E-state index contributed by atoms with van der Waals surface area (Å²) in [5.74, 6) is -0.902. The Morgan fingerprint density at radius 1 is 1.47 bits per heavy atom. The van der Waals surface area contributed by atoms with Gasteiger partial charge in [0.05, 0.1) is 13.0 Å². The minimum absolute atomic E-state index is 0.140. The molecular weight excluding hydrogens is 262 g/mol. The molecule has 0 N–H and O–H groups in total. The fraction of sp³-hybridized carbons (Fsp3) is 0.429. The van der Waals surface area contributed by atoms with Crippen LogP contribution in [-0.4, -0.2) is 39.7 Å². The van der Waals surface area contributed by atoms with Crippen molar-refractivity contribution in [2.24, 2.45) is 0 Å². The van der Waals surface area contributed by atoms with Crippen molar-refractivity contribution in [2.45, 2.75) is 17.2 Å². The van der Waals surface area contributed by atoms with Gasteiger partial charge in [0, 0.05) is 31.1 Å². The van der Waals surface area contributed by atoms with E-state index in [-0.39, 0.29) is 12.4 Å². The van der Waals surface area contributed by atoms with Crippen molar-refractivity contribution in [3.8, 4) is 0 Å². The molecule has 0 fully saturated rings. The molecular formula is C14H19NO3S. The van der Waals surface area contributed by atoms with E-state index in [9.17, 15) is 9.59 Å². The van der Waals surface area contributed by atoms with Gasteiger partial charge in [-0.25, -0.2) is 0 Å². The Kier molecular flexibility index (Phi) is 5.89. The van der Waals surface area contributed by atoms with Gasteiger partial charge in [0.25, 0.3) is 0 Å². The van der Waals surface area contributed by atoms with Crippen LogP contribution < -0.4 is 4.90 Å². The van der Waals surface area contributed by atoms with Gasteiger partial charge in [-0.15, -0.1) is 11.8 Å². The van der Waals surface area contributed by atoms with Gasteiger partial charge in [-0.1, -0.05) is 6.07 Å². The first-order valence-corrected chi connectivity index (χ1v) is 7.14. The number of esters is 1. The van der Waals surface area contributed by atoms with Crippen LogP contribution in [-0.2, 0) is 14.3 Å². The van der Waals surface area contributed by atoms with Gasteiger partial charge in [0.15, 0.2) is 0 Å². The van der Waals surface area contributed by atoms with Gasteiger partial charge in [-0.05, 0) is 24.0 Å². The van der Waals surface area contributed by atoms with Gasteiger partial charge in [0.2, 0.25) is 0 Å².